The number of rotatable bonds is 13. The quantitative estimate of drug-likeness (QED) is 0.119. The Morgan fingerprint density at radius 3 is 1.89 bits per heavy atom. The summed E-state index contributed by atoms with van der Waals surface area (Å²) in [5.74, 6) is 2.71. The molecule has 0 aromatic carbocycles. The lowest BCUT2D eigenvalue weighted by Crippen LogP contribution is -2.49. The Morgan fingerprint density at radius 1 is 0.872 bits per heavy atom. The van der Waals surface area contributed by atoms with Crippen molar-refractivity contribution in [1.29, 1.82) is 0 Å². The van der Waals surface area contributed by atoms with Crippen LogP contribution in [-0.4, -0.2) is 52.3 Å². The summed E-state index contributed by atoms with van der Waals surface area (Å²) in [7, 11) is -3.97. The molecule has 0 bridgehead atoms. The number of ether oxygens (including phenoxy) is 1. The molecule has 0 aromatic rings. The number of hydrogen-bond donors (Lipinski definition) is 1. The van der Waals surface area contributed by atoms with Gasteiger partial charge in [-0.1, -0.05) is 92.2 Å². The van der Waals surface area contributed by atoms with Crippen LogP contribution in [0, 0.1) is 23.7 Å². The summed E-state index contributed by atoms with van der Waals surface area (Å²) in [5.41, 5.74) is 3.73. The molecular weight excluding hydrogens is 613 g/mol. The molecule has 272 valence electrons. The Kier molecular flexibility index (Phi) is 13.8. The van der Waals surface area contributed by atoms with Crippen LogP contribution in [0.1, 0.15) is 133 Å². The van der Waals surface area contributed by atoms with Crippen molar-refractivity contribution in [3.63, 3.8) is 0 Å². The lowest BCUT2D eigenvalue weighted by molar-refractivity contribution is -0.0218. The standard InChI is InChI=1S/C41H76O4Si2/c1-16-41(42,17-2)25-18-26-43-31(5)34-23-24-35-33(21-19-29(3)38(34)35)22-20-32-27-36(44-46(12,13)39(6,7)8)30(4)37(28-32)45-47(14,15)40(9,10)11/h20,22,29,31,34-38,42H,4,16-19,21,23-28H2,1-3,5-15H3/b33-22-/t29?,31?,34?,35?,36-,37-,38?/m1/s1. The molecule has 7 atom stereocenters. The third-order valence-electron chi connectivity index (χ3n) is 13.6. The van der Waals surface area contributed by atoms with Crippen LogP contribution in [0.15, 0.2) is 35.5 Å². The van der Waals surface area contributed by atoms with Crippen LogP contribution in [0.5, 0.6) is 0 Å². The zero-order valence-corrected chi connectivity index (χ0v) is 35.4. The average molecular weight is 689 g/mol. The van der Waals surface area contributed by atoms with E-state index in [1.165, 1.54) is 31.3 Å². The molecule has 3 rings (SSSR count). The van der Waals surface area contributed by atoms with E-state index in [1.807, 2.05) is 0 Å². The van der Waals surface area contributed by atoms with Gasteiger partial charge in [-0.25, -0.2) is 0 Å². The lowest BCUT2D eigenvalue weighted by Gasteiger charge is -2.46. The van der Waals surface area contributed by atoms with Gasteiger partial charge in [0.2, 0.25) is 0 Å². The highest BCUT2D eigenvalue weighted by Crippen LogP contribution is 2.53. The van der Waals surface area contributed by atoms with E-state index in [0.717, 1.165) is 56.6 Å². The third kappa shape index (κ3) is 10.1. The summed E-state index contributed by atoms with van der Waals surface area (Å²) in [6.45, 7) is 37.8. The normalized spacial score (nSPS) is 29.7. The summed E-state index contributed by atoms with van der Waals surface area (Å²) in [6, 6.07) is 0. The van der Waals surface area contributed by atoms with Crippen LogP contribution in [0.4, 0.5) is 0 Å². The summed E-state index contributed by atoms with van der Waals surface area (Å²) in [4.78, 5) is 0. The monoisotopic (exact) mass is 689 g/mol. The molecule has 5 unspecified atom stereocenters. The fourth-order valence-electron chi connectivity index (χ4n) is 7.92. The van der Waals surface area contributed by atoms with E-state index >= 15 is 0 Å². The number of hydrogen-bond acceptors (Lipinski definition) is 4. The van der Waals surface area contributed by atoms with Gasteiger partial charge in [-0.3, -0.25) is 0 Å². The second-order valence-corrected chi connectivity index (χ2v) is 28.3. The molecule has 0 aliphatic heterocycles. The molecule has 47 heavy (non-hydrogen) atoms. The predicted molar refractivity (Wildman–Crippen MR) is 207 cm³/mol. The van der Waals surface area contributed by atoms with Crippen molar-refractivity contribution in [2.24, 2.45) is 23.7 Å². The van der Waals surface area contributed by atoms with Gasteiger partial charge in [0.15, 0.2) is 16.6 Å². The number of aliphatic hydroxyl groups is 1. The maximum absolute atomic E-state index is 10.7. The van der Waals surface area contributed by atoms with Crippen molar-refractivity contribution in [3.8, 4) is 0 Å². The highest BCUT2D eigenvalue weighted by molar-refractivity contribution is 6.74. The van der Waals surface area contributed by atoms with Gasteiger partial charge in [-0.15, -0.1) is 0 Å². The summed E-state index contributed by atoms with van der Waals surface area (Å²) >= 11 is 0. The van der Waals surface area contributed by atoms with Gasteiger partial charge in [0, 0.05) is 6.61 Å². The molecule has 0 heterocycles. The number of fused-ring (bicyclic) bond motifs is 1. The molecule has 3 aliphatic rings. The van der Waals surface area contributed by atoms with Crippen molar-refractivity contribution in [2.75, 3.05) is 6.61 Å². The van der Waals surface area contributed by atoms with Crippen molar-refractivity contribution >= 4 is 16.6 Å². The van der Waals surface area contributed by atoms with E-state index < -0.39 is 22.2 Å². The maximum Gasteiger partial charge on any atom is 0.192 e. The van der Waals surface area contributed by atoms with Crippen LogP contribution >= 0.6 is 0 Å². The molecule has 3 aliphatic carbocycles. The highest BCUT2D eigenvalue weighted by Gasteiger charge is 2.47. The average Bonchev–Trinajstić information content (AvgIpc) is 3.42. The molecule has 0 radical (unpaired) electrons. The van der Waals surface area contributed by atoms with Gasteiger partial charge >= 0.3 is 0 Å². The van der Waals surface area contributed by atoms with Crippen molar-refractivity contribution < 1.29 is 18.7 Å². The van der Waals surface area contributed by atoms with Gasteiger partial charge in [-0.2, -0.15) is 0 Å². The molecule has 0 saturated heterocycles. The largest absolute Gasteiger partial charge is 0.410 e. The highest BCUT2D eigenvalue weighted by atomic mass is 28.4. The smallest absolute Gasteiger partial charge is 0.192 e. The molecule has 0 aromatic heterocycles. The first-order chi connectivity index (χ1) is 21.6. The predicted octanol–water partition coefficient (Wildman–Crippen LogP) is 11.8. The summed E-state index contributed by atoms with van der Waals surface area (Å²) < 4.78 is 20.7. The first kappa shape index (κ1) is 40.9. The molecule has 0 amide bonds. The van der Waals surface area contributed by atoms with E-state index in [9.17, 15) is 5.11 Å². The Morgan fingerprint density at radius 2 is 1.40 bits per heavy atom. The second kappa shape index (κ2) is 15.8. The Balaban J connectivity index is 1.79. The Bertz CT molecular complexity index is 1060. The molecule has 4 nitrogen and oxygen atoms in total. The maximum atomic E-state index is 10.7. The first-order valence-corrected chi connectivity index (χ1v) is 25.1. The molecule has 6 heteroatoms. The van der Waals surface area contributed by atoms with Crippen LogP contribution in [0.25, 0.3) is 0 Å². The van der Waals surface area contributed by atoms with Crippen LogP contribution in [0.3, 0.4) is 0 Å². The van der Waals surface area contributed by atoms with E-state index in [-0.39, 0.29) is 28.4 Å². The van der Waals surface area contributed by atoms with E-state index in [1.54, 1.807) is 5.57 Å². The minimum absolute atomic E-state index is 0.0164. The minimum Gasteiger partial charge on any atom is -0.410 e. The first-order valence-electron chi connectivity index (χ1n) is 19.3. The Hall–Kier alpha value is -0.506. The Labute approximate surface area is 293 Å². The third-order valence-corrected chi connectivity index (χ3v) is 22.6. The summed E-state index contributed by atoms with van der Waals surface area (Å²) in [5, 5.41) is 11.0. The van der Waals surface area contributed by atoms with E-state index in [0.29, 0.717) is 17.8 Å². The van der Waals surface area contributed by atoms with Crippen LogP contribution in [-0.2, 0) is 13.6 Å². The van der Waals surface area contributed by atoms with Crippen molar-refractivity contribution in [2.45, 2.75) is 194 Å². The molecule has 1 N–H and O–H groups in total. The van der Waals surface area contributed by atoms with Gasteiger partial charge in [-0.05, 0) is 137 Å². The molecule has 3 saturated carbocycles. The topological polar surface area (TPSA) is 47.9 Å². The van der Waals surface area contributed by atoms with Gasteiger partial charge < -0.3 is 18.7 Å². The fourth-order valence-corrected chi connectivity index (χ4v) is 10.5. The van der Waals surface area contributed by atoms with E-state index in [4.69, 9.17) is 13.6 Å². The van der Waals surface area contributed by atoms with Crippen LogP contribution < -0.4 is 0 Å². The fraction of sp³-hybridized carbons (Fsp3) is 0.854. The SMILES string of the molecule is C=C1[C@H](O[Si](C)(C)C(C)(C)C)CC(=C/C=C2/CCC(C)C3C2CCC3C(C)OCCCC(O)(CC)CC)C[C@H]1O[Si](C)(C)C(C)(C)C. The molecule has 3 fully saturated rings. The van der Waals surface area contributed by atoms with Crippen molar-refractivity contribution in [1.82, 2.24) is 0 Å². The van der Waals surface area contributed by atoms with E-state index in [2.05, 4.69) is 114 Å². The molecule has 0 spiro atoms. The lowest BCUT2D eigenvalue weighted by atomic mass is 9.68. The second-order valence-electron chi connectivity index (χ2n) is 18.8. The zero-order valence-electron chi connectivity index (χ0n) is 33.4. The van der Waals surface area contributed by atoms with Gasteiger partial charge in [0.25, 0.3) is 0 Å². The summed E-state index contributed by atoms with van der Waals surface area (Å²) in [6.07, 6.45) is 15.6. The van der Waals surface area contributed by atoms with Gasteiger partial charge in [0.05, 0.1) is 23.9 Å². The zero-order chi connectivity index (χ0) is 35.6. The van der Waals surface area contributed by atoms with Crippen molar-refractivity contribution in [3.05, 3.63) is 35.5 Å². The van der Waals surface area contributed by atoms with Gasteiger partial charge in [0.1, 0.15) is 0 Å². The van der Waals surface area contributed by atoms with Crippen LogP contribution in [0.2, 0.25) is 36.3 Å². The molecular formula is C41H76O4Si2. The minimum atomic E-state index is -1.99. The number of allylic oxidation sites excluding steroid dienone is 3.